The summed E-state index contributed by atoms with van der Waals surface area (Å²) in [5.74, 6) is 0. The van der Waals surface area contributed by atoms with Gasteiger partial charge in [-0.25, -0.2) is 0 Å². The van der Waals surface area contributed by atoms with E-state index in [9.17, 15) is 0 Å². The summed E-state index contributed by atoms with van der Waals surface area (Å²) < 4.78 is 4.99. The van der Waals surface area contributed by atoms with Crippen LogP contribution >= 0.6 is 0 Å². The molecule has 0 saturated heterocycles. The molecule has 1 rings (SSSR count). The van der Waals surface area contributed by atoms with E-state index in [0.717, 1.165) is 19.7 Å². The molecule has 1 aromatic rings. The molecule has 0 aliphatic rings. The van der Waals surface area contributed by atoms with Crippen LogP contribution in [0.4, 0.5) is 0 Å². The van der Waals surface area contributed by atoms with Crippen molar-refractivity contribution in [3.05, 3.63) is 34.9 Å². The molecule has 0 heterocycles. The minimum absolute atomic E-state index is 0.808. The smallest absolute Gasteiger partial charge is 0.0587 e. The number of nitrogens with one attached hydrogen (secondary N) is 1. The summed E-state index contributed by atoms with van der Waals surface area (Å²) in [4.78, 5) is 0. The lowest BCUT2D eigenvalue weighted by atomic mass is 10.0. The molecule has 2 nitrogen and oxygen atoms in total. The van der Waals surface area contributed by atoms with Crippen molar-refractivity contribution >= 4 is 0 Å². The molecule has 2 heteroatoms. The predicted octanol–water partition coefficient (Wildman–Crippen LogP) is 3.25. The van der Waals surface area contributed by atoms with Crippen LogP contribution < -0.4 is 5.32 Å². The van der Waals surface area contributed by atoms with Gasteiger partial charge in [0.15, 0.2) is 0 Å². The minimum Gasteiger partial charge on any atom is -0.383 e. The molecule has 102 valence electrons. The van der Waals surface area contributed by atoms with Gasteiger partial charge >= 0.3 is 0 Å². The highest BCUT2D eigenvalue weighted by Gasteiger charge is 1.97. The summed E-state index contributed by atoms with van der Waals surface area (Å²) in [6, 6.07) is 6.82. The zero-order valence-electron chi connectivity index (χ0n) is 12.1. The molecular formula is C16H27NO. The van der Waals surface area contributed by atoms with Crippen LogP contribution in [0.3, 0.4) is 0 Å². The molecule has 0 atom stereocenters. The Hall–Kier alpha value is -0.860. The first-order valence-electron chi connectivity index (χ1n) is 7.00. The van der Waals surface area contributed by atoms with Gasteiger partial charge < -0.3 is 10.1 Å². The Kier molecular flexibility index (Phi) is 7.70. The first-order chi connectivity index (χ1) is 8.74. The molecule has 0 aliphatic carbocycles. The first kappa shape index (κ1) is 15.2. The van der Waals surface area contributed by atoms with E-state index in [4.69, 9.17) is 4.74 Å². The molecule has 0 unspecified atom stereocenters. The monoisotopic (exact) mass is 249 g/mol. The highest BCUT2D eigenvalue weighted by molar-refractivity contribution is 5.29. The number of methoxy groups -OCH3 is 1. The van der Waals surface area contributed by atoms with Crippen LogP contribution in [0.5, 0.6) is 0 Å². The van der Waals surface area contributed by atoms with Crippen molar-refractivity contribution < 1.29 is 4.74 Å². The van der Waals surface area contributed by atoms with E-state index in [1.807, 2.05) is 0 Å². The number of aryl methyl sites for hydroxylation is 3. The van der Waals surface area contributed by atoms with E-state index in [1.165, 1.54) is 42.4 Å². The maximum atomic E-state index is 4.99. The predicted molar refractivity (Wildman–Crippen MR) is 78.2 cm³/mol. The van der Waals surface area contributed by atoms with Gasteiger partial charge in [-0.3, -0.25) is 0 Å². The van der Waals surface area contributed by atoms with Crippen LogP contribution in [0.1, 0.15) is 36.0 Å². The first-order valence-corrected chi connectivity index (χ1v) is 7.00. The Morgan fingerprint density at radius 3 is 2.56 bits per heavy atom. The van der Waals surface area contributed by atoms with Gasteiger partial charge in [-0.15, -0.1) is 0 Å². The molecule has 18 heavy (non-hydrogen) atoms. The summed E-state index contributed by atoms with van der Waals surface area (Å²) in [6.45, 7) is 7.25. The molecule has 0 fully saturated rings. The lowest BCUT2D eigenvalue weighted by Crippen LogP contribution is -2.20. The zero-order chi connectivity index (χ0) is 13.2. The van der Waals surface area contributed by atoms with Gasteiger partial charge in [0, 0.05) is 13.7 Å². The van der Waals surface area contributed by atoms with Crippen LogP contribution in [0.2, 0.25) is 0 Å². The fourth-order valence-corrected chi connectivity index (χ4v) is 2.01. The second kappa shape index (κ2) is 9.12. The van der Waals surface area contributed by atoms with Crippen LogP contribution in [-0.2, 0) is 11.2 Å². The summed E-state index contributed by atoms with van der Waals surface area (Å²) in [5, 5.41) is 3.38. The van der Waals surface area contributed by atoms with Gasteiger partial charge in [0.25, 0.3) is 0 Å². The summed E-state index contributed by atoms with van der Waals surface area (Å²) in [6.07, 6.45) is 5.05. The molecule has 1 aromatic carbocycles. The van der Waals surface area contributed by atoms with Crippen LogP contribution in [0.25, 0.3) is 0 Å². The molecule has 0 aliphatic heterocycles. The van der Waals surface area contributed by atoms with Crippen molar-refractivity contribution in [3.63, 3.8) is 0 Å². The van der Waals surface area contributed by atoms with Gasteiger partial charge in [-0.2, -0.15) is 0 Å². The molecule has 0 spiro atoms. The largest absolute Gasteiger partial charge is 0.383 e. The zero-order valence-corrected chi connectivity index (χ0v) is 12.1. The average Bonchev–Trinajstić information content (AvgIpc) is 2.37. The SMILES string of the molecule is COCCNCCCCCc1ccc(C)c(C)c1. The van der Waals surface area contributed by atoms with E-state index < -0.39 is 0 Å². The number of hydrogen-bond acceptors (Lipinski definition) is 2. The number of benzene rings is 1. The Balaban J connectivity index is 2.05. The van der Waals surface area contributed by atoms with Crippen molar-refractivity contribution in [2.45, 2.75) is 39.5 Å². The van der Waals surface area contributed by atoms with Gasteiger partial charge in [0.05, 0.1) is 6.61 Å². The van der Waals surface area contributed by atoms with Crippen molar-refractivity contribution in [2.24, 2.45) is 0 Å². The quantitative estimate of drug-likeness (QED) is 0.678. The minimum atomic E-state index is 0.808. The maximum absolute atomic E-state index is 4.99. The van der Waals surface area contributed by atoms with E-state index in [-0.39, 0.29) is 0 Å². The second-order valence-electron chi connectivity index (χ2n) is 4.97. The third-order valence-corrected chi connectivity index (χ3v) is 3.37. The third kappa shape index (κ3) is 6.18. The van der Waals surface area contributed by atoms with Gasteiger partial charge in [-0.1, -0.05) is 24.6 Å². The standard InChI is InChI=1S/C16H27NO/c1-14-8-9-16(13-15(14)2)7-5-4-6-10-17-11-12-18-3/h8-9,13,17H,4-7,10-12H2,1-3H3. The normalized spacial score (nSPS) is 10.8. The topological polar surface area (TPSA) is 21.3 Å². The molecule has 0 saturated carbocycles. The summed E-state index contributed by atoms with van der Waals surface area (Å²) in [5.41, 5.74) is 4.28. The maximum Gasteiger partial charge on any atom is 0.0587 e. The molecule has 0 aromatic heterocycles. The molecular weight excluding hydrogens is 222 g/mol. The fraction of sp³-hybridized carbons (Fsp3) is 0.625. The van der Waals surface area contributed by atoms with Gasteiger partial charge in [-0.05, 0) is 56.3 Å². The number of hydrogen-bond donors (Lipinski definition) is 1. The van der Waals surface area contributed by atoms with Crippen molar-refractivity contribution in [3.8, 4) is 0 Å². The number of unbranched alkanes of at least 4 members (excludes halogenated alkanes) is 2. The van der Waals surface area contributed by atoms with E-state index in [0.29, 0.717) is 0 Å². The van der Waals surface area contributed by atoms with Crippen molar-refractivity contribution in [1.82, 2.24) is 5.32 Å². The lowest BCUT2D eigenvalue weighted by molar-refractivity contribution is 0.199. The molecule has 0 radical (unpaired) electrons. The van der Waals surface area contributed by atoms with Crippen LogP contribution in [0.15, 0.2) is 18.2 Å². The second-order valence-corrected chi connectivity index (χ2v) is 4.97. The Labute approximate surface area is 112 Å². The Morgan fingerprint density at radius 1 is 1.00 bits per heavy atom. The van der Waals surface area contributed by atoms with Gasteiger partial charge in [0.2, 0.25) is 0 Å². The van der Waals surface area contributed by atoms with E-state index >= 15 is 0 Å². The Bertz CT molecular complexity index is 336. The number of rotatable bonds is 9. The highest BCUT2D eigenvalue weighted by atomic mass is 16.5. The fourth-order valence-electron chi connectivity index (χ4n) is 2.01. The summed E-state index contributed by atoms with van der Waals surface area (Å²) in [7, 11) is 1.74. The van der Waals surface area contributed by atoms with E-state index in [1.54, 1.807) is 7.11 Å². The highest BCUT2D eigenvalue weighted by Crippen LogP contribution is 2.12. The molecule has 0 bridgehead atoms. The lowest BCUT2D eigenvalue weighted by Gasteiger charge is -2.06. The third-order valence-electron chi connectivity index (χ3n) is 3.37. The van der Waals surface area contributed by atoms with Crippen LogP contribution in [-0.4, -0.2) is 26.8 Å². The molecule has 0 amide bonds. The van der Waals surface area contributed by atoms with E-state index in [2.05, 4.69) is 37.4 Å². The molecule has 1 N–H and O–H groups in total. The van der Waals surface area contributed by atoms with Crippen molar-refractivity contribution in [1.29, 1.82) is 0 Å². The van der Waals surface area contributed by atoms with Crippen LogP contribution in [0, 0.1) is 13.8 Å². The Morgan fingerprint density at radius 2 is 1.83 bits per heavy atom. The number of ether oxygens (including phenoxy) is 1. The summed E-state index contributed by atoms with van der Waals surface area (Å²) >= 11 is 0. The van der Waals surface area contributed by atoms with Crippen molar-refractivity contribution in [2.75, 3.05) is 26.8 Å². The average molecular weight is 249 g/mol. The van der Waals surface area contributed by atoms with Gasteiger partial charge in [0.1, 0.15) is 0 Å².